The van der Waals surface area contributed by atoms with Crippen molar-refractivity contribution in [2.24, 2.45) is 11.8 Å². The van der Waals surface area contributed by atoms with Gasteiger partial charge in [-0.3, -0.25) is 9.59 Å². The van der Waals surface area contributed by atoms with Crippen LogP contribution in [0.5, 0.6) is 0 Å². The first-order valence-electron chi connectivity index (χ1n) is 8.35. The molecule has 0 heterocycles. The summed E-state index contributed by atoms with van der Waals surface area (Å²) >= 11 is 0. The Kier molecular flexibility index (Phi) is 5.97. The van der Waals surface area contributed by atoms with E-state index in [0.29, 0.717) is 18.5 Å². The molecule has 0 aromatic heterocycles. The molecule has 1 amide bonds. The van der Waals surface area contributed by atoms with Crippen molar-refractivity contribution in [1.29, 1.82) is 5.26 Å². The molecule has 0 spiro atoms. The number of esters is 1. The number of amides is 1. The Morgan fingerprint density at radius 1 is 1.25 bits per heavy atom. The number of nitriles is 1. The van der Waals surface area contributed by atoms with Crippen molar-refractivity contribution >= 4 is 11.9 Å². The molecule has 1 aromatic carbocycles. The summed E-state index contributed by atoms with van der Waals surface area (Å²) in [4.78, 5) is 26.8. The van der Waals surface area contributed by atoms with Crippen molar-refractivity contribution < 1.29 is 14.3 Å². The molecule has 24 heavy (non-hydrogen) atoms. The highest BCUT2D eigenvalue weighted by Crippen LogP contribution is 2.34. The first-order valence-corrected chi connectivity index (χ1v) is 8.35. The van der Waals surface area contributed by atoms with Crippen LogP contribution in [-0.4, -0.2) is 29.9 Å². The summed E-state index contributed by atoms with van der Waals surface area (Å²) in [6.45, 7) is 4.43. The maximum Gasteiger partial charge on any atom is 0.309 e. The molecule has 1 saturated carbocycles. The predicted octanol–water partition coefficient (Wildman–Crippen LogP) is 2.88. The SMILES string of the molecule is COC(=O)[C@H]1CCC[C@@H]1C(=O)N(Cc1ccc(C#N)cc1)C(C)C. The Morgan fingerprint density at radius 3 is 2.42 bits per heavy atom. The van der Waals surface area contributed by atoms with Crippen molar-refractivity contribution in [2.75, 3.05) is 7.11 Å². The molecule has 0 N–H and O–H groups in total. The van der Waals surface area contributed by atoms with E-state index in [4.69, 9.17) is 10.00 Å². The normalized spacial score (nSPS) is 19.8. The van der Waals surface area contributed by atoms with Crippen molar-refractivity contribution in [1.82, 2.24) is 4.90 Å². The second-order valence-electron chi connectivity index (χ2n) is 6.54. The van der Waals surface area contributed by atoms with Crippen LogP contribution in [0.2, 0.25) is 0 Å². The molecule has 1 aromatic rings. The second kappa shape index (κ2) is 7.96. The number of nitrogens with zero attached hydrogens (tertiary/aromatic N) is 2. The van der Waals surface area contributed by atoms with Crippen LogP contribution >= 0.6 is 0 Å². The van der Waals surface area contributed by atoms with E-state index in [9.17, 15) is 9.59 Å². The molecule has 2 atom stereocenters. The maximum absolute atomic E-state index is 13.0. The molecule has 0 bridgehead atoms. The lowest BCUT2D eigenvalue weighted by Crippen LogP contribution is -2.42. The van der Waals surface area contributed by atoms with Crippen molar-refractivity contribution in [3.05, 3.63) is 35.4 Å². The number of rotatable bonds is 5. The van der Waals surface area contributed by atoms with Gasteiger partial charge in [0.05, 0.1) is 30.6 Å². The molecule has 5 nitrogen and oxygen atoms in total. The summed E-state index contributed by atoms with van der Waals surface area (Å²) in [5.41, 5.74) is 1.58. The Morgan fingerprint density at radius 2 is 1.88 bits per heavy atom. The van der Waals surface area contributed by atoms with E-state index in [1.165, 1.54) is 7.11 Å². The molecule has 0 saturated heterocycles. The zero-order chi connectivity index (χ0) is 17.7. The monoisotopic (exact) mass is 328 g/mol. The molecule has 0 radical (unpaired) electrons. The molecule has 128 valence electrons. The Balaban J connectivity index is 2.15. The molecule has 5 heteroatoms. The first kappa shape index (κ1) is 18.0. The van der Waals surface area contributed by atoms with Gasteiger partial charge in [-0.1, -0.05) is 18.6 Å². The van der Waals surface area contributed by atoms with Gasteiger partial charge in [-0.15, -0.1) is 0 Å². The number of hydrogen-bond donors (Lipinski definition) is 0. The maximum atomic E-state index is 13.0. The molecular weight excluding hydrogens is 304 g/mol. The second-order valence-corrected chi connectivity index (χ2v) is 6.54. The smallest absolute Gasteiger partial charge is 0.309 e. The molecule has 1 fully saturated rings. The van der Waals surface area contributed by atoms with Crippen molar-refractivity contribution in [3.8, 4) is 6.07 Å². The summed E-state index contributed by atoms with van der Waals surface area (Å²) in [5, 5.41) is 8.88. The lowest BCUT2D eigenvalue weighted by Gasteiger charge is -2.31. The number of hydrogen-bond acceptors (Lipinski definition) is 4. The quantitative estimate of drug-likeness (QED) is 0.779. The van der Waals surface area contributed by atoms with Gasteiger partial charge in [-0.2, -0.15) is 5.26 Å². The molecule has 1 aliphatic carbocycles. The molecular formula is C19H24N2O3. The van der Waals surface area contributed by atoms with Gasteiger partial charge in [0.2, 0.25) is 5.91 Å². The van der Waals surface area contributed by atoms with Crippen LogP contribution in [0.25, 0.3) is 0 Å². The fraction of sp³-hybridized carbons (Fsp3) is 0.526. The van der Waals surface area contributed by atoms with Crippen LogP contribution in [-0.2, 0) is 20.9 Å². The third-order valence-corrected chi connectivity index (χ3v) is 4.68. The minimum Gasteiger partial charge on any atom is -0.469 e. The van der Waals surface area contributed by atoms with Gasteiger partial charge in [0.1, 0.15) is 0 Å². The average molecular weight is 328 g/mol. The van der Waals surface area contributed by atoms with E-state index < -0.39 is 0 Å². The number of methoxy groups -OCH3 is 1. The number of ether oxygens (including phenoxy) is 1. The van der Waals surface area contributed by atoms with E-state index in [1.54, 1.807) is 12.1 Å². The summed E-state index contributed by atoms with van der Waals surface area (Å²) in [6, 6.07) is 9.37. The van der Waals surface area contributed by atoms with E-state index in [-0.39, 0.29) is 29.8 Å². The minimum absolute atomic E-state index is 0.0160. The third kappa shape index (κ3) is 3.94. The van der Waals surface area contributed by atoms with E-state index in [2.05, 4.69) is 6.07 Å². The van der Waals surface area contributed by atoms with E-state index >= 15 is 0 Å². The Labute approximate surface area is 143 Å². The van der Waals surface area contributed by atoms with Gasteiger partial charge in [-0.25, -0.2) is 0 Å². The summed E-state index contributed by atoms with van der Waals surface area (Å²) in [5.74, 6) is -0.891. The predicted molar refractivity (Wildman–Crippen MR) is 89.7 cm³/mol. The Bertz CT molecular complexity index is 631. The van der Waals surface area contributed by atoms with Crippen LogP contribution in [0.4, 0.5) is 0 Å². The fourth-order valence-electron chi connectivity index (χ4n) is 3.30. The first-order chi connectivity index (χ1) is 11.5. The van der Waals surface area contributed by atoms with Gasteiger partial charge in [-0.05, 0) is 44.4 Å². The van der Waals surface area contributed by atoms with Crippen LogP contribution < -0.4 is 0 Å². The third-order valence-electron chi connectivity index (χ3n) is 4.68. The van der Waals surface area contributed by atoms with Gasteiger partial charge in [0.25, 0.3) is 0 Å². The van der Waals surface area contributed by atoms with Gasteiger partial charge in [0.15, 0.2) is 0 Å². The number of carbonyl (C=O) groups is 2. The fourth-order valence-corrected chi connectivity index (χ4v) is 3.30. The lowest BCUT2D eigenvalue weighted by molar-refractivity contribution is -0.152. The van der Waals surface area contributed by atoms with Gasteiger partial charge < -0.3 is 9.64 Å². The largest absolute Gasteiger partial charge is 0.469 e. The van der Waals surface area contributed by atoms with Crippen LogP contribution in [0, 0.1) is 23.2 Å². The zero-order valence-electron chi connectivity index (χ0n) is 14.5. The lowest BCUT2D eigenvalue weighted by atomic mass is 9.94. The summed E-state index contributed by atoms with van der Waals surface area (Å²) < 4.78 is 4.86. The van der Waals surface area contributed by atoms with E-state index in [0.717, 1.165) is 18.4 Å². The van der Waals surface area contributed by atoms with Crippen LogP contribution in [0.3, 0.4) is 0 Å². The highest BCUT2D eigenvalue weighted by molar-refractivity contribution is 5.86. The highest BCUT2D eigenvalue weighted by atomic mass is 16.5. The zero-order valence-corrected chi connectivity index (χ0v) is 14.5. The van der Waals surface area contributed by atoms with Gasteiger partial charge in [0, 0.05) is 12.6 Å². The number of benzene rings is 1. The molecule has 2 rings (SSSR count). The highest BCUT2D eigenvalue weighted by Gasteiger charge is 2.40. The topological polar surface area (TPSA) is 70.4 Å². The summed E-state index contributed by atoms with van der Waals surface area (Å²) in [6.07, 6.45) is 2.32. The average Bonchev–Trinajstić information content (AvgIpc) is 3.08. The van der Waals surface area contributed by atoms with Crippen molar-refractivity contribution in [2.45, 2.75) is 45.7 Å². The number of carbonyl (C=O) groups excluding carboxylic acids is 2. The van der Waals surface area contributed by atoms with Crippen molar-refractivity contribution in [3.63, 3.8) is 0 Å². The van der Waals surface area contributed by atoms with E-state index in [1.807, 2.05) is 30.9 Å². The van der Waals surface area contributed by atoms with Gasteiger partial charge >= 0.3 is 5.97 Å². The summed E-state index contributed by atoms with van der Waals surface area (Å²) in [7, 11) is 1.37. The molecule has 0 unspecified atom stereocenters. The standard InChI is InChI=1S/C19H24N2O3/c1-13(2)21(12-15-9-7-14(11-20)8-10-15)18(22)16-5-4-6-17(16)19(23)24-3/h7-10,13,16-17H,4-6,12H2,1-3H3/t16-,17-/m0/s1. The van der Waals surface area contributed by atoms with Crippen LogP contribution in [0.1, 0.15) is 44.2 Å². The molecule has 0 aliphatic heterocycles. The molecule has 1 aliphatic rings. The van der Waals surface area contributed by atoms with Crippen LogP contribution in [0.15, 0.2) is 24.3 Å². The minimum atomic E-state index is -0.329. The Hall–Kier alpha value is -2.35.